The number of hydrogen-bond acceptors (Lipinski definition) is 4. The zero-order valence-electron chi connectivity index (χ0n) is 4.09. The Morgan fingerprint density at radius 2 is 2.00 bits per heavy atom. The summed E-state index contributed by atoms with van der Waals surface area (Å²) in [5.74, 6) is -1.91. The molecule has 0 heterocycles. The van der Waals surface area contributed by atoms with Crippen LogP contribution in [0.5, 0.6) is 0 Å². The first kappa shape index (κ1) is 6.97. The van der Waals surface area contributed by atoms with Crippen LogP contribution in [-0.2, 0) is 14.4 Å². The normalized spacial score (nSPS) is 8.12. The number of carbonyl (C=O) groups is 3. The Labute approximate surface area is 45.7 Å². The molecule has 0 atom stereocenters. The van der Waals surface area contributed by atoms with Crippen molar-refractivity contribution < 1.29 is 14.4 Å². The SMILES string of the molecule is NCC(=O)C(=O)C=O. The number of rotatable bonds is 3. The molecule has 0 amide bonds. The number of ketones is 2. The van der Waals surface area contributed by atoms with Gasteiger partial charge in [0.2, 0.25) is 5.78 Å². The quantitative estimate of drug-likeness (QED) is 0.269. The van der Waals surface area contributed by atoms with Crippen LogP contribution in [0.25, 0.3) is 0 Å². The van der Waals surface area contributed by atoms with Crippen molar-refractivity contribution in [2.24, 2.45) is 5.73 Å². The van der Waals surface area contributed by atoms with Gasteiger partial charge < -0.3 is 5.73 Å². The number of aldehydes is 1. The van der Waals surface area contributed by atoms with Crippen LogP contribution < -0.4 is 5.73 Å². The molecule has 0 spiro atoms. The molecule has 0 radical (unpaired) electrons. The van der Waals surface area contributed by atoms with E-state index in [0.29, 0.717) is 0 Å². The maximum atomic E-state index is 10.0. The maximum absolute atomic E-state index is 10.0. The standard InChI is InChI=1S/C4H5NO3/c5-1-3(7)4(8)2-6/h2H,1,5H2. The molecule has 0 unspecified atom stereocenters. The van der Waals surface area contributed by atoms with E-state index in [0.717, 1.165) is 0 Å². The fourth-order valence-corrected chi connectivity index (χ4v) is 0.166. The van der Waals surface area contributed by atoms with Crippen LogP contribution >= 0.6 is 0 Å². The molecular weight excluding hydrogens is 110 g/mol. The average molecular weight is 115 g/mol. The van der Waals surface area contributed by atoms with Gasteiger partial charge in [0.15, 0.2) is 6.29 Å². The van der Waals surface area contributed by atoms with Crippen molar-refractivity contribution in [2.45, 2.75) is 0 Å². The molecule has 0 fully saturated rings. The fourth-order valence-electron chi connectivity index (χ4n) is 0.166. The minimum atomic E-state index is -1.06. The van der Waals surface area contributed by atoms with E-state index in [4.69, 9.17) is 5.73 Å². The number of hydrogen-bond donors (Lipinski definition) is 1. The van der Waals surface area contributed by atoms with E-state index in [1.54, 1.807) is 0 Å². The van der Waals surface area contributed by atoms with Gasteiger partial charge in [0.1, 0.15) is 0 Å². The number of carbonyl (C=O) groups excluding carboxylic acids is 3. The van der Waals surface area contributed by atoms with Gasteiger partial charge in [-0.3, -0.25) is 14.4 Å². The van der Waals surface area contributed by atoms with Crippen LogP contribution in [-0.4, -0.2) is 24.4 Å². The molecule has 0 saturated heterocycles. The van der Waals surface area contributed by atoms with Crippen LogP contribution in [0.4, 0.5) is 0 Å². The first-order valence-electron chi connectivity index (χ1n) is 1.94. The van der Waals surface area contributed by atoms with E-state index in [9.17, 15) is 14.4 Å². The van der Waals surface area contributed by atoms with Crippen LogP contribution in [0, 0.1) is 0 Å². The van der Waals surface area contributed by atoms with Crippen LogP contribution in [0.15, 0.2) is 0 Å². The Morgan fingerprint density at radius 1 is 1.50 bits per heavy atom. The van der Waals surface area contributed by atoms with Crippen molar-refractivity contribution >= 4 is 17.9 Å². The summed E-state index contributed by atoms with van der Waals surface area (Å²) in [7, 11) is 0. The fraction of sp³-hybridized carbons (Fsp3) is 0.250. The van der Waals surface area contributed by atoms with Crippen molar-refractivity contribution in [3.63, 3.8) is 0 Å². The lowest BCUT2D eigenvalue weighted by Crippen LogP contribution is -2.23. The van der Waals surface area contributed by atoms with Gasteiger partial charge >= 0.3 is 0 Å². The molecule has 44 valence electrons. The van der Waals surface area contributed by atoms with Gasteiger partial charge in [0, 0.05) is 0 Å². The zero-order chi connectivity index (χ0) is 6.57. The van der Waals surface area contributed by atoms with Gasteiger partial charge in [-0.05, 0) is 0 Å². The molecule has 0 aliphatic carbocycles. The second-order valence-corrected chi connectivity index (χ2v) is 1.11. The van der Waals surface area contributed by atoms with Crippen LogP contribution in [0.2, 0.25) is 0 Å². The highest BCUT2D eigenvalue weighted by Crippen LogP contribution is 1.65. The maximum Gasteiger partial charge on any atom is 0.262 e. The topological polar surface area (TPSA) is 77.2 Å². The van der Waals surface area contributed by atoms with Gasteiger partial charge in [-0.15, -0.1) is 0 Å². The highest BCUT2D eigenvalue weighted by atomic mass is 16.2. The Morgan fingerprint density at radius 3 is 2.12 bits per heavy atom. The van der Waals surface area contributed by atoms with Crippen molar-refractivity contribution in [3.8, 4) is 0 Å². The van der Waals surface area contributed by atoms with Crippen molar-refractivity contribution in [2.75, 3.05) is 6.54 Å². The molecule has 4 nitrogen and oxygen atoms in total. The summed E-state index contributed by atoms with van der Waals surface area (Å²) in [5, 5.41) is 0. The molecular formula is C4H5NO3. The molecule has 0 bridgehead atoms. The Hall–Kier alpha value is -1.03. The molecule has 8 heavy (non-hydrogen) atoms. The smallest absolute Gasteiger partial charge is 0.262 e. The van der Waals surface area contributed by atoms with Crippen molar-refractivity contribution in [3.05, 3.63) is 0 Å². The first-order chi connectivity index (χ1) is 3.72. The third-order valence-corrected chi connectivity index (χ3v) is 0.567. The molecule has 0 aromatic carbocycles. The van der Waals surface area contributed by atoms with Gasteiger partial charge in [-0.1, -0.05) is 0 Å². The summed E-state index contributed by atoms with van der Waals surface area (Å²) < 4.78 is 0. The monoisotopic (exact) mass is 115 g/mol. The minimum Gasteiger partial charge on any atom is -0.324 e. The summed E-state index contributed by atoms with van der Waals surface area (Å²) >= 11 is 0. The van der Waals surface area contributed by atoms with Crippen LogP contribution in [0.1, 0.15) is 0 Å². The Kier molecular flexibility index (Phi) is 2.64. The third-order valence-electron chi connectivity index (χ3n) is 0.567. The van der Waals surface area contributed by atoms with Gasteiger partial charge in [-0.2, -0.15) is 0 Å². The van der Waals surface area contributed by atoms with Gasteiger partial charge in [-0.25, -0.2) is 0 Å². The molecule has 2 N–H and O–H groups in total. The Bertz CT molecular complexity index is 129. The summed E-state index contributed by atoms with van der Waals surface area (Å²) in [6.45, 7) is -0.391. The second-order valence-electron chi connectivity index (χ2n) is 1.11. The lowest BCUT2D eigenvalue weighted by molar-refractivity contribution is -0.139. The first-order valence-corrected chi connectivity index (χ1v) is 1.94. The highest BCUT2D eigenvalue weighted by Gasteiger charge is 2.07. The van der Waals surface area contributed by atoms with Crippen molar-refractivity contribution in [1.29, 1.82) is 0 Å². The molecule has 4 heteroatoms. The lowest BCUT2D eigenvalue weighted by Gasteiger charge is -1.81. The molecule has 0 aliphatic rings. The largest absolute Gasteiger partial charge is 0.324 e. The van der Waals surface area contributed by atoms with Crippen molar-refractivity contribution in [1.82, 2.24) is 0 Å². The summed E-state index contributed by atoms with van der Waals surface area (Å²) in [6.07, 6.45) is -0.0464. The molecule has 0 saturated carbocycles. The van der Waals surface area contributed by atoms with Gasteiger partial charge in [0.25, 0.3) is 5.78 Å². The molecule has 0 rings (SSSR count). The Balaban J connectivity index is 3.82. The van der Waals surface area contributed by atoms with Gasteiger partial charge in [0.05, 0.1) is 6.54 Å². The number of nitrogens with two attached hydrogens (primary N) is 1. The van der Waals surface area contributed by atoms with E-state index in [1.807, 2.05) is 0 Å². The number of Topliss-reactive ketones (excluding diaryl/α,β-unsaturated/α-hetero) is 2. The average Bonchev–Trinajstić information content (AvgIpc) is 1.84. The predicted molar refractivity (Wildman–Crippen MR) is 25.1 cm³/mol. The molecule has 0 aromatic heterocycles. The summed E-state index contributed by atoms with van der Waals surface area (Å²) in [4.78, 5) is 29.5. The second kappa shape index (κ2) is 3.04. The van der Waals surface area contributed by atoms with E-state index >= 15 is 0 Å². The minimum absolute atomic E-state index is 0.0464. The molecule has 0 aliphatic heterocycles. The van der Waals surface area contributed by atoms with Crippen LogP contribution in [0.3, 0.4) is 0 Å². The lowest BCUT2D eigenvalue weighted by atomic mass is 10.3. The summed E-state index contributed by atoms with van der Waals surface area (Å²) in [5.41, 5.74) is 4.72. The van der Waals surface area contributed by atoms with E-state index < -0.39 is 18.1 Å². The zero-order valence-corrected chi connectivity index (χ0v) is 4.09. The van der Waals surface area contributed by atoms with E-state index in [2.05, 4.69) is 0 Å². The van der Waals surface area contributed by atoms with E-state index in [-0.39, 0.29) is 6.29 Å². The third kappa shape index (κ3) is 1.61. The predicted octanol–water partition coefficient (Wildman–Crippen LogP) is -1.72. The summed E-state index contributed by atoms with van der Waals surface area (Å²) in [6, 6.07) is 0. The van der Waals surface area contributed by atoms with E-state index in [1.165, 1.54) is 0 Å². The highest BCUT2D eigenvalue weighted by molar-refractivity contribution is 6.58. The molecule has 0 aromatic rings.